The van der Waals surface area contributed by atoms with Gasteiger partial charge in [0.15, 0.2) is 18.2 Å². The van der Waals surface area contributed by atoms with E-state index in [0.29, 0.717) is 4.90 Å². The summed E-state index contributed by atoms with van der Waals surface area (Å²) in [6.07, 6.45) is 1.87. The standard InChI is InChI=1S/C18H31NO3SSi/c1-18(2,3)24(4,5)22-16-11-12-19-15(13-16)14-23(20,21)17-9-7-6-8-10-17/h6-10,15-16,19H,11-14H2,1-5H3/t15-,16+/m0/s1. The molecule has 2 rings (SSSR count). The molecule has 4 nitrogen and oxygen atoms in total. The number of rotatable bonds is 5. The first-order chi connectivity index (χ1) is 11.0. The molecule has 0 amide bonds. The summed E-state index contributed by atoms with van der Waals surface area (Å²) in [4.78, 5) is 0.402. The quantitative estimate of drug-likeness (QED) is 0.806. The maximum Gasteiger partial charge on any atom is 0.192 e. The van der Waals surface area contributed by atoms with Crippen LogP contribution in [0.25, 0.3) is 0 Å². The van der Waals surface area contributed by atoms with Crippen molar-refractivity contribution in [2.75, 3.05) is 12.3 Å². The van der Waals surface area contributed by atoms with Crippen LogP contribution in [0.15, 0.2) is 35.2 Å². The largest absolute Gasteiger partial charge is 0.414 e. The molecule has 0 spiro atoms. The highest BCUT2D eigenvalue weighted by Gasteiger charge is 2.40. The Balaban J connectivity index is 2.01. The second-order valence-electron chi connectivity index (χ2n) is 8.27. The van der Waals surface area contributed by atoms with Crippen LogP contribution in [0, 0.1) is 0 Å². The van der Waals surface area contributed by atoms with E-state index in [1.165, 1.54) is 0 Å². The van der Waals surface area contributed by atoms with E-state index >= 15 is 0 Å². The Bertz CT molecular complexity index is 638. The lowest BCUT2D eigenvalue weighted by atomic mass is 10.0. The van der Waals surface area contributed by atoms with Gasteiger partial charge in [0.2, 0.25) is 0 Å². The molecule has 0 bridgehead atoms. The van der Waals surface area contributed by atoms with E-state index in [9.17, 15) is 8.42 Å². The zero-order valence-electron chi connectivity index (χ0n) is 15.5. The van der Waals surface area contributed by atoms with E-state index in [1.54, 1.807) is 24.3 Å². The number of sulfone groups is 1. The second kappa shape index (κ2) is 7.28. The number of piperidine rings is 1. The Morgan fingerprint density at radius 3 is 2.42 bits per heavy atom. The third-order valence-corrected chi connectivity index (χ3v) is 11.6. The molecule has 1 N–H and O–H groups in total. The molecule has 1 saturated heterocycles. The molecule has 136 valence electrons. The van der Waals surface area contributed by atoms with Crippen LogP contribution in [0.3, 0.4) is 0 Å². The first-order valence-corrected chi connectivity index (χ1v) is 13.3. The average molecular weight is 370 g/mol. The molecule has 0 radical (unpaired) electrons. The minimum Gasteiger partial charge on any atom is -0.414 e. The van der Waals surface area contributed by atoms with Gasteiger partial charge < -0.3 is 9.74 Å². The Kier molecular flexibility index (Phi) is 5.95. The maximum absolute atomic E-state index is 12.6. The molecule has 1 fully saturated rings. The summed E-state index contributed by atoms with van der Waals surface area (Å²) in [5, 5.41) is 3.53. The van der Waals surface area contributed by atoms with Gasteiger partial charge in [-0.2, -0.15) is 0 Å². The molecule has 24 heavy (non-hydrogen) atoms. The monoisotopic (exact) mass is 369 g/mol. The molecule has 6 heteroatoms. The van der Waals surface area contributed by atoms with E-state index in [-0.39, 0.29) is 22.9 Å². The summed E-state index contributed by atoms with van der Waals surface area (Å²) in [5.74, 6) is 0.133. The molecular weight excluding hydrogens is 338 g/mol. The summed E-state index contributed by atoms with van der Waals surface area (Å²) in [5.41, 5.74) is 0. The highest BCUT2D eigenvalue weighted by atomic mass is 32.2. The zero-order chi connectivity index (χ0) is 18.0. The van der Waals surface area contributed by atoms with Gasteiger partial charge in [-0.05, 0) is 49.7 Å². The first kappa shape index (κ1) is 19.6. The van der Waals surface area contributed by atoms with Gasteiger partial charge in [-0.1, -0.05) is 39.0 Å². The number of hydrogen-bond donors (Lipinski definition) is 1. The summed E-state index contributed by atoms with van der Waals surface area (Å²) >= 11 is 0. The highest BCUT2D eigenvalue weighted by Crippen LogP contribution is 2.38. The van der Waals surface area contributed by atoms with E-state index in [0.717, 1.165) is 19.4 Å². The molecule has 1 aliphatic heterocycles. The Hall–Kier alpha value is -0.693. The fourth-order valence-electron chi connectivity index (χ4n) is 2.78. The highest BCUT2D eigenvalue weighted by molar-refractivity contribution is 7.91. The lowest BCUT2D eigenvalue weighted by molar-refractivity contribution is 0.128. The Morgan fingerprint density at radius 2 is 1.83 bits per heavy atom. The van der Waals surface area contributed by atoms with E-state index in [2.05, 4.69) is 39.2 Å². The normalized spacial score (nSPS) is 23.2. The predicted molar refractivity (Wildman–Crippen MR) is 102 cm³/mol. The lowest BCUT2D eigenvalue weighted by Crippen LogP contribution is -2.50. The van der Waals surface area contributed by atoms with Crippen LogP contribution in [0.5, 0.6) is 0 Å². The van der Waals surface area contributed by atoms with Crippen LogP contribution < -0.4 is 5.32 Å². The van der Waals surface area contributed by atoms with Crippen molar-refractivity contribution < 1.29 is 12.8 Å². The fraction of sp³-hybridized carbons (Fsp3) is 0.667. The van der Waals surface area contributed by atoms with Gasteiger partial charge in [0.1, 0.15) is 0 Å². The van der Waals surface area contributed by atoms with Gasteiger partial charge in [-0.3, -0.25) is 0 Å². The van der Waals surface area contributed by atoms with Crippen molar-refractivity contribution in [1.29, 1.82) is 0 Å². The molecule has 0 unspecified atom stereocenters. The van der Waals surface area contributed by atoms with Crippen molar-refractivity contribution in [2.45, 2.75) is 68.8 Å². The van der Waals surface area contributed by atoms with Crippen LogP contribution >= 0.6 is 0 Å². The lowest BCUT2D eigenvalue weighted by Gasteiger charge is -2.41. The summed E-state index contributed by atoms with van der Waals surface area (Å²) in [7, 11) is -5.08. The van der Waals surface area contributed by atoms with E-state index in [4.69, 9.17) is 4.43 Å². The van der Waals surface area contributed by atoms with Gasteiger partial charge in [0.05, 0.1) is 10.6 Å². The molecule has 0 saturated carbocycles. The van der Waals surface area contributed by atoms with Crippen LogP contribution in [0.4, 0.5) is 0 Å². The maximum atomic E-state index is 12.6. The third kappa shape index (κ3) is 4.91. The van der Waals surface area contributed by atoms with E-state index in [1.807, 2.05) is 6.07 Å². The molecule has 1 aromatic rings. The van der Waals surface area contributed by atoms with Crippen LogP contribution in [-0.2, 0) is 14.3 Å². The Labute approximate surface area is 148 Å². The summed E-state index contributed by atoms with van der Waals surface area (Å²) in [6, 6.07) is 8.67. The molecule has 1 heterocycles. The van der Waals surface area contributed by atoms with Crippen molar-refractivity contribution in [2.24, 2.45) is 0 Å². The van der Waals surface area contributed by atoms with Crippen molar-refractivity contribution in [3.8, 4) is 0 Å². The molecule has 1 aromatic carbocycles. The molecule has 1 aliphatic rings. The first-order valence-electron chi connectivity index (χ1n) is 8.70. The van der Waals surface area contributed by atoms with Gasteiger partial charge >= 0.3 is 0 Å². The van der Waals surface area contributed by atoms with Gasteiger partial charge in [-0.15, -0.1) is 0 Å². The van der Waals surface area contributed by atoms with Crippen LogP contribution in [0.1, 0.15) is 33.6 Å². The molecule has 0 aromatic heterocycles. The third-order valence-electron chi connectivity index (χ3n) is 5.24. The molecule has 0 aliphatic carbocycles. The zero-order valence-corrected chi connectivity index (χ0v) is 17.3. The van der Waals surface area contributed by atoms with E-state index < -0.39 is 18.2 Å². The van der Waals surface area contributed by atoms with Crippen molar-refractivity contribution in [3.05, 3.63) is 30.3 Å². The molecular formula is C18H31NO3SSi. The second-order valence-corrected chi connectivity index (χ2v) is 15.1. The SMILES string of the molecule is CC(C)(C)[Si](C)(C)O[C@@H]1CCN[C@H](CS(=O)(=O)c2ccccc2)C1. The van der Waals surface area contributed by atoms with Gasteiger partial charge in [-0.25, -0.2) is 8.42 Å². The topological polar surface area (TPSA) is 55.4 Å². The summed E-state index contributed by atoms with van der Waals surface area (Å²) < 4.78 is 31.7. The average Bonchev–Trinajstić information content (AvgIpc) is 2.46. The van der Waals surface area contributed by atoms with Crippen molar-refractivity contribution in [3.63, 3.8) is 0 Å². The van der Waals surface area contributed by atoms with Crippen molar-refractivity contribution >= 4 is 18.2 Å². The van der Waals surface area contributed by atoms with Crippen molar-refractivity contribution in [1.82, 2.24) is 5.32 Å². The number of hydrogen-bond acceptors (Lipinski definition) is 4. The molecule has 2 atom stereocenters. The summed E-state index contributed by atoms with van der Waals surface area (Å²) in [6.45, 7) is 12.0. The van der Waals surface area contributed by atoms with Crippen LogP contribution in [-0.4, -0.2) is 41.2 Å². The predicted octanol–water partition coefficient (Wildman–Crippen LogP) is 3.60. The number of benzene rings is 1. The fourth-order valence-corrected chi connectivity index (χ4v) is 5.73. The Morgan fingerprint density at radius 1 is 1.21 bits per heavy atom. The minimum absolute atomic E-state index is 0.0428. The van der Waals surface area contributed by atoms with Gasteiger partial charge in [0.25, 0.3) is 0 Å². The smallest absolute Gasteiger partial charge is 0.192 e. The minimum atomic E-state index is -3.26. The van der Waals surface area contributed by atoms with Crippen LogP contribution in [0.2, 0.25) is 18.1 Å². The van der Waals surface area contributed by atoms with Gasteiger partial charge in [0, 0.05) is 12.1 Å². The number of nitrogens with one attached hydrogen (secondary N) is 1.